The van der Waals surface area contributed by atoms with Gasteiger partial charge >= 0.3 is 0 Å². The molecule has 1 aromatic heterocycles. The molecule has 2 N–H and O–H groups in total. The van der Waals surface area contributed by atoms with E-state index in [0.717, 1.165) is 29.6 Å². The third-order valence-corrected chi connectivity index (χ3v) is 5.04. The van der Waals surface area contributed by atoms with Gasteiger partial charge in [-0.1, -0.05) is 30.3 Å². The van der Waals surface area contributed by atoms with E-state index in [1.54, 1.807) is 6.92 Å². The molecule has 122 valence electrons. The molecule has 3 rings (SSSR count). The van der Waals surface area contributed by atoms with Gasteiger partial charge in [0.25, 0.3) is 0 Å². The molecule has 1 atom stereocenters. The molecule has 0 bridgehead atoms. The van der Waals surface area contributed by atoms with E-state index in [4.69, 9.17) is 5.73 Å². The van der Waals surface area contributed by atoms with Gasteiger partial charge in [-0.2, -0.15) is 4.37 Å². The van der Waals surface area contributed by atoms with Crippen LogP contribution < -0.4 is 10.6 Å². The number of rotatable bonds is 3. The SMILES string of the molecule is Cc1nsc(N2CCN(C(=O)C(C)(N)c3ccccc3)CC2)n1. The number of aromatic nitrogens is 2. The van der Waals surface area contributed by atoms with Crippen molar-refractivity contribution in [1.29, 1.82) is 0 Å². The first-order chi connectivity index (χ1) is 11.0. The van der Waals surface area contributed by atoms with Crippen LogP contribution in [0.15, 0.2) is 30.3 Å². The highest BCUT2D eigenvalue weighted by Gasteiger charge is 2.36. The highest BCUT2D eigenvalue weighted by Crippen LogP contribution is 2.23. The van der Waals surface area contributed by atoms with Crippen LogP contribution in [0.25, 0.3) is 0 Å². The van der Waals surface area contributed by atoms with Gasteiger partial charge in [-0.25, -0.2) is 4.98 Å². The summed E-state index contributed by atoms with van der Waals surface area (Å²) in [6, 6.07) is 9.54. The van der Waals surface area contributed by atoms with Crippen LogP contribution in [0.3, 0.4) is 0 Å². The Labute approximate surface area is 140 Å². The molecule has 1 amide bonds. The van der Waals surface area contributed by atoms with E-state index in [-0.39, 0.29) is 5.91 Å². The standard InChI is InChI=1S/C16H21N5OS/c1-12-18-15(23-19-12)21-10-8-20(9-11-21)14(22)16(2,17)13-6-4-3-5-7-13/h3-7H,8-11,17H2,1-2H3. The summed E-state index contributed by atoms with van der Waals surface area (Å²) in [4.78, 5) is 21.2. The third-order valence-electron chi connectivity index (χ3n) is 4.17. The molecule has 6 nitrogen and oxygen atoms in total. The number of carbonyl (C=O) groups is 1. The van der Waals surface area contributed by atoms with E-state index in [9.17, 15) is 4.79 Å². The lowest BCUT2D eigenvalue weighted by atomic mass is 9.91. The van der Waals surface area contributed by atoms with Crippen LogP contribution in [0, 0.1) is 6.92 Å². The van der Waals surface area contributed by atoms with Gasteiger partial charge in [0.05, 0.1) is 0 Å². The van der Waals surface area contributed by atoms with Crippen molar-refractivity contribution in [2.24, 2.45) is 5.73 Å². The van der Waals surface area contributed by atoms with Gasteiger partial charge in [0.1, 0.15) is 11.4 Å². The summed E-state index contributed by atoms with van der Waals surface area (Å²) < 4.78 is 4.21. The molecular formula is C16H21N5OS. The van der Waals surface area contributed by atoms with Gasteiger partial charge in [0, 0.05) is 37.7 Å². The summed E-state index contributed by atoms with van der Waals surface area (Å²) >= 11 is 1.40. The monoisotopic (exact) mass is 331 g/mol. The van der Waals surface area contributed by atoms with E-state index in [2.05, 4.69) is 14.3 Å². The van der Waals surface area contributed by atoms with Crippen molar-refractivity contribution in [3.8, 4) is 0 Å². The molecule has 1 aliphatic rings. The first-order valence-corrected chi connectivity index (χ1v) is 8.45. The maximum absolute atomic E-state index is 12.8. The predicted octanol–water partition coefficient (Wildman–Crippen LogP) is 1.37. The summed E-state index contributed by atoms with van der Waals surface area (Å²) in [6.07, 6.45) is 0. The number of benzene rings is 1. The van der Waals surface area contributed by atoms with E-state index >= 15 is 0 Å². The summed E-state index contributed by atoms with van der Waals surface area (Å²) in [6.45, 7) is 6.48. The van der Waals surface area contributed by atoms with Crippen molar-refractivity contribution in [3.05, 3.63) is 41.7 Å². The van der Waals surface area contributed by atoms with E-state index in [1.165, 1.54) is 11.5 Å². The normalized spacial score (nSPS) is 17.9. The van der Waals surface area contributed by atoms with Crippen LogP contribution in [-0.2, 0) is 10.3 Å². The molecule has 1 aliphatic heterocycles. The van der Waals surface area contributed by atoms with Crippen molar-refractivity contribution >= 4 is 22.6 Å². The number of aryl methyl sites for hydroxylation is 1. The smallest absolute Gasteiger partial charge is 0.247 e. The van der Waals surface area contributed by atoms with Crippen molar-refractivity contribution in [1.82, 2.24) is 14.3 Å². The second kappa shape index (κ2) is 6.25. The average molecular weight is 331 g/mol. The van der Waals surface area contributed by atoms with Crippen molar-refractivity contribution in [2.75, 3.05) is 31.1 Å². The number of hydrogen-bond donors (Lipinski definition) is 1. The van der Waals surface area contributed by atoms with Crippen LogP contribution in [0.1, 0.15) is 18.3 Å². The number of amides is 1. The van der Waals surface area contributed by atoms with E-state index < -0.39 is 5.54 Å². The van der Waals surface area contributed by atoms with Gasteiger partial charge in [0.15, 0.2) is 0 Å². The molecule has 1 unspecified atom stereocenters. The third kappa shape index (κ3) is 3.20. The maximum Gasteiger partial charge on any atom is 0.247 e. The number of nitrogens with zero attached hydrogens (tertiary/aromatic N) is 4. The zero-order valence-electron chi connectivity index (χ0n) is 13.4. The fraction of sp³-hybridized carbons (Fsp3) is 0.438. The largest absolute Gasteiger partial charge is 0.343 e. The second-order valence-corrected chi connectivity index (χ2v) is 6.70. The molecule has 0 saturated carbocycles. The van der Waals surface area contributed by atoms with Gasteiger partial charge in [-0.3, -0.25) is 4.79 Å². The molecule has 2 aromatic rings. The molecule has 0 spiro atoms. The first-order valence-electron chi connectivity index (χ1n) is 7.67. The fourth-order valence-corrected chi connectivity index (χ4v) is 3.48. The Morgan fingerprint density at radius 1 is 1.22 bits per heavy atom. The number of nitrogens with two attached hydrogens (primary N) is 1. The highest BCUT2D eigenvalue weighted by atomic mass is 32.1. The Bertz CT molecular complexity index is 677. The van der Waals surface area contributed by atoms with Gasteiger partial charge in [-0.15, -0.1) is 0 Å². The Morgan fingerprint density at radius 3 is 2.43 bits per heavy atom. The minimum absolute atomic E-state index is 0.0307. The summed E-state index contributed by atoms with van der Waals surface area (Å²) in [5, 5.41) is 0.924. The van der Waals surface area contributed by atoms with Crippen LogP contribution in [0.2, 0.25) is 0 Å². The highest BCUT2D eigenvalue weighted by molar-refractivity contribution is 7.09. The summed E-state index contributed by atoms with van der Waals surface area (Å²) in [5.41, 5.74) is 6.18. The molecule has 23 heavy (non-hydrogen) atoms. The lowest BCUT2D eigenvalue weighted by Gasteiger charge is -2.38. The minimum Gasteiger partial charge on any atom is -0.343 e. The molecule has 1 saturated heterocycles. The fourth-order valence-electron chi connectivity index (χ4n) is 2.75. The first kappa shape index (κ1) is 15.9. The average Bonchev–Trinajstić information content (AvgIpc) is 3.01. The van der Waals surface area contributed by atoms with Crippen molar-refractivity contribution in [2.45, 2.75) is 19.4 Å². The zero-order valence-corrected chi connectivity index (χ0v) is 14.2. The van der Waals surface area contributed by atoms with E-state index in [1.807, 2.05) is 42.2 Å². The summed E-state index contributed by atoms with van der Waals surface area (Å²) in [7, 11) is 0. The van der Waals surface area contributed by atoms with Gasteiger partial charge in [0.2, 0.25) is 11.0 Å². The lowest BCUT2D eigenvalue weighted by molar-refractivity contribution is -0.137. The van der Waals surface area contributed by atoms with Gasteiger partial charge < -0.3 is 15.5 Å². The minimum atomic E-state index is -0.997. The number of carbonyl (C=O) groups excluding carboxylic acids is 1. The quantitative estimate of drug-likeness (QED) is 0.919. The van der Waals surface area contributed by atoms with Crippen LogP contribution in [-0.4, -0.2) is 46.3 Å². The van der Waals surface area contributed by atoms with E-state index in [0.29, 0.717) is 13.1 Å². The Kier molecular flexibility index (Phi) is 4.32. The number of hydrogen-bond acceptors (Lipinski definition) is 6. The summed E-state index contributed by atoms with van der Waals surface area (Å²) in [5.74, 6) is 0.763. The molecule has 1 aromatic carbocycles. The lowest BCUT2D eigenvalue weighted by Crippen LogP contribution is -2.56. The maximum atomic E-state index is 12.8. The molecular weight excluding hydrogens is 310 g/mol. The topological polar surface area (TPSA) is 75.4 Å². The Morgan fingerprint density at radius 2 is 1.87 bits per heavy atom. The Hall–Kier alpha value is -1.99. The molecule has 0 aliphatic carbocycles. The molecule has 2 heterocycles. The molecule has 0 radical (unpaired) electrons. The second-order valence-electron chi connectivity index (χ2n) is 5.97. The van der Waals surface area contributed by atoms with Crippen LogP contribution in [0.5, 0.6) is 0 Å². The number of anilines is 1. The predicted molar refractivity (Wildman–Crippen MR) is 91.4 cm³/mol. The zero-order chi connectivity index (χ0) is 16.4. The Balaban J connectivity index is 1.66. The molecule has 1 fully saturated rings. The van der Waals surface area contributed by atoms with Crippen molar-refractivity contribution in [3.63, 3.8) is 0 Å². The molecule has 7 heteroatoms. The van der Waals surface area contributed by atoms with Crippen molar-refractivity contribution < 1.29 is 4.79 Å². The van der Waals surface area contributed by atoms with Crippen LogP contribution >= 0.6 is 11.5 Å². The van der Waals surface area contributed by atoms with Gasteiger partial charge in [-0.05, 0) is 19.4 Å². The van der Waals surface area contributed by atoms with Crippen LogP contribution in [0.4, 0.5) is 5.13 Å². The number of piperazine rings is 1.